The van der Waals surface area contributed by atoms with Crippen molar-refractivity contribution >= 4 is 56.8 Å². The minimum Gasteiger partial charge on any atom is -0.506 e. The molecular formula is C35H28N10O5. The first-order valence-corrected chi connectivity index (χ1v) is 15.3. The first-order chi connectivity index (χ1) is 24.4. The number of fused-ring (bicyclic) bond motifs is 6. The molecule has 8 aromatic rings. The van der Waals surface area contributed by atoms with E-state index in [4.69, 9.17) is 9.47 Å². The summed E-state index contributed by atoms with van der Waals surface area (Å²) in [7, 11) is 1.60. The van der Waals surface area contributed by atoms with Crippen molar-refractivity contribution in [3.05, 3.63) is 121 Å². The fourth-order valence-electron chi connectivity index (χ4n) is 5.04. The highest BCUT2D eigenvalue weighted by Gasteiger charge is 2.14. The summed E-state index contributed by atoms with van der Waals surface area (Å²) in [6, 6.07) is 21.7. The highest BCUT2D eigenvalue weighted by Crippen LogP contribution is 2.19. The van der Waals surface area contributed by atoms with Crippen molar-refractivity contribution in [2.24, 2.45) is 0 Å². The van der Waals surface area contributed by atoms with E-state index in [1.807, 2.05) is 57.3 Å². The Kier molecular flexibility index (Phi) is 8.85. The minimum absolute atomic E-state index is 0.0225. The predicted octanol–water partition coefficient (Wildman–Crippen LogP) is 4.79. The Bertz CT molecular complexity index is 2500. The van der Waals surface area contributed by atoms with Crippen LogP contribution in [0, 0.1) is 0 Å². The van der Waals surface area contributed by atoms with E-state index in [9.17, 15) is 14.7 Å². The lowest BCUT2D eigenvalue weighted by atomic mass is 10.3. The molecule has 6 aromatic heterocycles. The van der Waals surface area contributed by atoms with Gasteiger partial charge in [0.05, 0.1) is 64.8 Å². The summed E-state index contributed by atoms with van der Waals surface area (Å²) in [5.41, 5.74) is 4.92. The number of aromatic hydroxyl groups is 1. The molecule has 0 unspecified atom stereocenters. The van der Waals surface area contributed by atoms with Gasteiger partial charge in [0.15, 0.2) is 0 Å². The number of pyridine rings is 2. The van der Waals surface area contributed by atoms with Crippen LogP contribution in [0.5, 0.6) is 11.5 Å². The number of hydrogen-bond donors (Lipinski definition) is 3. The smallest absolute Gasteiger partial charge is 0.274 e. The van der Waals surface area contributed by atoms with Crippen molar-refractivity contribution in [2.45, 2.75) is 0 Å². The Hall–Kier alpha value is -7.00. The Morgan fingerprint density at radius 3 is 1.78 bits per heavy atom. The molecule has 6 heterocycles. The van der Waals surface area contributed by atoms with Gasteiger partial charge in [-0.05, 0) is 36.4 Å². The Balaban J connectivity index is 0.000000159. The minimum atomic E-state index is -0.396. The van der Waals surface area contributed by atoms with Gasteiger partial charge in [0, 0.05) is 31.6 Å². The summed E-state index contributed by atoms with van der Waals surface area (Å²) in [6.45, 7) is 0.875. The first-order valence-electron chi connectivity index (χ1n) is 15.3. The number of carbonyl (C=O) groups excluding carboxylic acids is 2. The molecule has 0 aliphatic carbocycles. The summed E-state index contributed by atoms with van der Waals surface area (Å²) in [4.78, 5) is 50.2. The summed E-state index contributed by atoms with van der Waals surface area (Å²) in [5.74, 6) is 0.706. The van der Waals surface area contributed by atoms with Crippen LogP contribution in [0.15, 0.2) is 110 Å². The molecule has 0 fully saturated rings. The van der Waals surface area contributed by atoms with E-state index >= 15 is 0 Å². The predicted molar refractivity (Wildman–Crippen MR) is 184 cm³/mol. The molecule has 2 aromatic carbocycles. The van der Waals surface area contributed by atoms with E-state index in [2.05, 4.69) is 40.5 Å². The zero-order chi connectivity index (χ0) is 34.5. The van der Waals surface area contributed by atoms with Gasteiger partial charge < -0.3 is 25.2 Å². The zero-order valence-corrected chi connectivity index (χ0v) is 26.5. The molecule has 15 heteroatoms. The molecule has 248 valence electrons. The number of carbonyl (C=O) groups is 2. The highest BCUT2D eigenvalue weighted by atomic mass is 16.5. The quantitative estimate of drug-likeness (QED) is 0.189. The normalized spacial score (nSPS) is 11.0. The number of nitrogens with one attached hydrogen (secondary N) is 2. The topological polar surface area (TPSA) is 183 Å². The van der Waals surface area contributed by atoms with Crippen molar-refractivity contribution in [2.75, 3.05) is 31.0 Å². The standard InChI is InChI=1S/C19H17N5O3.C16H11N5O2/c1-26-8-9-27-14-10-13(11-20-12-14)21-18(25)16-6-7-24-17-5-3-2-4-15(17)22-19(24)23-16;22-11-7-10(8-17-9-11)18-15(23)13-5-6-21-14-4-2-1-3-12(14)19-16(21)20-13/h2-7,10-12H,8-9H2,1H3,(H,21,25);1-9,22H,(H,18,23). The van der Waals surface area contributed by atoms with Crippen LogP contribution in [-0.2, 0) is 4.74 Å². The van der Waals surface area contributed by atoms with Gasteiger partial charge in [-0.15, -0.1) is 0 Å². The van der Waals surface area contributed by atoms with Gasteiger partial charge in [-0.2, -0.15) is 0 Å². The molecule has 3 N–H and O–H groups in total. The lowest BCUT2D eigenvalue weighted by Gasteiger charge is -2.08. The zero-order valence-electron chi connectivity index (χ0n) is 26.5. The molecule has 0 atom stereocenters. The fraction of sp³-hybridized carbons (Fsp3) is 0.0857. The molecule has 8 rings (SSSR count). The summed E-state index contributed by atoms with van der Waals surface area (Å²) < 4.78 is 14.1. The van der Waals surface area contributed by atoms with Gasteiger partial charge >= 0.3 is 0 Å². The number of ether oxygens (including phenoxy) is 2. The molecule has 0 bridgehead atoms. The van der Waals surface area contributed by atoms with Gasteiger partial charge in [0.1, 0.15) is 29.5 Å². The Labute approximate surface area is 283 Å². The number of aromatic nitrogens is 8. The number of anilines is 2. The number of para-hydroxylation sites is 4. The fourth-order valence-corrected chi connectivity index (χ4v) is 5.04. The molecule has 0 saturated heterocycles. The third-order valence-electron chi connectivity index (χ3n) is 7.33. The van der Waals surface area contributed by atoms with E-state index in [1.54, 1.807) is 50.1 Å². The van der Waals surface area contributed by atoms with E-state index in [0.29, 0.717) is 41.9 Å². The Morgan fingerprint density at radius 2 is 1.22 bits per heavy atom. The SMILES string of the molecule is COCCOc1cncc(NC(=O)c2ccn3c(n2)nc2ccccc23)c1.O=C(Nc1cncc(O)c1)c1ccn2c(n1)nc1ccccc12. The maximum atomic E-state index is 12.5. The number of nitrogens with zero attached hydrogens (tertiary/aromatic N) is 8. The third-order valence-corrected chi connectivity index (χ3v) is 7.33. The first kappa shape index (κ1) is 31.6. The third kappa shape index (κ3) is 6.83. The second-order valence-corrected chi connectivity index (χ2v) is 10.8. The van der Waals surface area contributed by atoms with Gasteiger partial charge in [0.2, 0.25) is 11.6 Å². The molecule has 0 saturated carbocycles. The number of methoxy groups -OCH3 is 1. The second kappa shape index (κ2) is 14.0. The van der Waals surface area contributed by atoms with Gasteiger partial charge in [-0.25, -0.2) is 19.9 Å². The molecule has 50 heavy (non-hydrogen) atoms. The van der Waals surface area contributed by atoms with Crippen LogP contribution < -0.4 is 15.4 Å². The van der Waals surface area contributed by atoms with Crippen molar-refractivity contribution in [1.29, 1.82) is 0 Å². The number of amides is 2. The lowest BCUT2D eigenvalue weighted by molar-refractivity contribution is 0.101. The van der Waals surface area contributed by atoms with E-state index in [0.717, 1.165) is 22.1 Å². The maximum absolute atomic E-state index is 12.5. The van der Waals surface area contributed by atoms with Crippen LogP contribution in [-0.4, -0.2) is 75.9 Å². The molecule has 0 aliphatic heterocycles. The highest BCUT2D eigenvalue weighted by molar-refractivity contribution is 6.04. The molecule has 15 nitrogen and oxygen atoms in total. The Morgan fingerprint density at radius 1 is 0.680 bits per heavy atom. The van der Waals surface area contributed by atoms with E-state index in [1.165, 1.54) is 18.5 Å². The van der Waals surface area contributed by atoms with Crippen molar-refractivity contribution in [3.63, 3.8) is 0 Å². The molecular weight excluding hydrogens is 640 g/mol. The average molecular weight is 669 g/mol. The van der Waals surface area contributed by atoms with Crippen LogP contribution in [0.3, 0.4) is 0 Å². The second-order valence-electron chi connectivity index (χ2n) is 10.8. The van der Waals surface area contributed by atoms with Crippen LogP contribution in [0.4, 0.5) is 11.4 Å². The molecule has 0 aliphatic rings. The van der Waals surface area contributed by atoms with Crippen LogP contribution in [0.25, 0.3) is 33.6 Å². The van der Waals surface area contributed by atoms with Crippen LogP contribution in [0.1, 0.15) is 21.0 Å². The lowest BCUT2D eigenvalue weighted by Crippen LogP contribution is -2.14. The monoisotopic (exact) mass is 668 g/mol. The van der Waals surface area contributed by atoms with E-state index in [-0.39, 0.29) is 23.0 Å². The number of rotatable bonds is 8. The molecule has 0 spiro atoms. The summed E-state index contributed by atoms with van der Waals surface area (Å²) >= 11 is 0. The number of benzene rings is 2. The van der Waals surface area contributed by atoms with Crippen molar-refractivity contribution in [3.8, 4) is 11.5 Å². The van der Waals surface area contributed by atoms with E-state index < -0.39 is 5.91 Å². The average Bonchev–Trinajstić information content (AvgIpc) is 3.70. The molecule has 2 amide bonds. The van der Waals surface area contributed by atoms with Gasteiger partial charge in [-0.1, -0.05) is 24.3 Å². The summed E-state index contributed by atoms with van der Waals surface area (Å²) in [6.07, 6.45) is 9.40. The molecule has 0 radical (unpaired) electrons. The maximum Gasteiger partial charge on any atom is 0.274 e. The van der Waals surface area contributed by atoms with Crippen molar-refractivity contribution < 1.29 is 24.2 Å². The van der Waals surface area contributed by atoms with Gasteiger partial charge in [0.25, 0.3) is 11.8 Å². The number of hydrogen-bond acceptors (Lipinski definition) is 11. The van der Waals surface area contributed by atoms with Gasteiger partial charge in [-0.3, -0.25) is 28.4 Å². The van der Waals surface area contributed by atoms with Crippen LogP contribution >= 0.6 is 0 Å². The number of imidazole rings is 2. The largest absolute Gasteiger partial charge is 0.506 e. The van der Waals surface area contributed by atoms with Crippen LogP contribution in [0.2, 0.25) is 0 Å². The van der Waals surface area contributed by atoms with Crippen molar-refractivity contribution in [1.82, 2.24) is 38.7 Å². The summed E-state index contributed by atoms with van der Waals surface area (Å²) in [5, 5.41) is 14.8.